The molecule has 0 aliphatic rings. The van der Waals surface area contributed by atoms with Crippen molar-refractivity contribution in [2.24, 2.45) is 0 Å². The first-order valence-corrected chi connectivity index (χ1v) is 15.3. The zero-order valence-corrected chi connectivity index (χ0v) is 25.3. The standard InChI is InChI=1S/C32H39N5O3S/c1-21(2)30-17-14-27(18-23(30)5)34-32(38)25-9-7-8-24(19-25)10-11-28-20-31(36-35-28)33-26-12-15-29(16-13-26)41(39,40)37(6)22(3)4/h7-9,12-22H,10-11H2,1-6H3,(H,34,38)(H2,33,35,36). The number of amides is 1. The molecule has 1 aromatic heterocycles. The van der Waals surface area contributed by atoms with Crippen LogP contribution in [-0.4, -0.2) is 41.9 Å². The normalized spacial score (nSPS) is 11.8. The molecule has 0 saturated carbocycles. The number of aromatic nitrogens is 2. The predicted octanol–water partition coefficient (Wildman–Crippen LogP) is 6.65. The molecule has 4 rings (SSSR count). The molecule has 0 atom stereocenters. The highest BCUT2D eigenvalue weighted by Gasteiger charge is 2.22. The molecule has 0 fully saturated rings. The van der Waals surface area contributed by atoms with Gasteiger partial charge in [-0.2, -0.15) is 9.40 Å². The zero-order chi connectivity index (χ0) is 29.7. The molecule has 0 saturated heterocycles. The molecule has 3 N–H and O–H groups in total. The van der Waals surface area contributed by atoms with E-state index in [4.69, 9.17) is 0 Å². The first-order chi connectivity index (χ1) is 19.4. The van der Waals surface area contributed by atoms with Crippen molar-refractivity contribution in [2.75, 3.05) is 17.7 Å². The Morgan fingerprint density at radius 2 is 1.63 bits per heavy atom. The van der Waals surface area contributed by atoms with Gasteiger partial charge >= 0.3 is 0 Å². The van der Waals surface area contributed by atoms with Crippen LogP contribution >= 0.6 is 0 Å². The highest BCUT2D eigenvalue weighted by atomic mass is 32.2. The van der Waals surface area contributed by atoms with Crippen LogP contribution in [0.5, 0.6) is 0 Å². The van der Waals surface area contributed by atoms with Gasteiger partial charge < -0.3 is 10.6 Å². The van der Waals surface area contributed by atoms with Gasteiger partial charge in [-0.05, 0) is 105 Å². The molecule has 0 unspecified atom stereocenters. The second kappa shape index (κ2) is 12.7. The van der Waals surface area contributed by atoms with Crippen LogP contribution in [0.15, 0.2) is 77.7 Å². The van der Waals surface area contributed by atoms with E-state index in [1.165, 1.54) is 15.4 Å². The lowest BCUT2D eigenvalue weighted by Gasteiger charge is -2.21. The number of nitrogens with zero attached hydrogens (tertiary/aromatic N) is 2. The molecule has 0 aliphatic carbocycles. The Kier molecular flexibility index (Phi) is 9.30. The second-order valence-corrected chi connectivity index (χ2v) is 12.9. The number of benzene rings is 3. The van der Waals surface area contributed by atoms with Gasteiger partial charge in [-0.1, -0.05) is 32.0 Å². The molecule has 1 amide bonds. The maximum absolute atomic E-state index is 12.9. The van der Waals surface area contributed by atoms with Gasteiger partial charge in [0.1, 0.15) is 0 Å². The van der Waals surface area contributed by atoms with Crippen LogP contribution in [0.3, 0.4) is 0 Å². The van der Waals surface area contributed by atoms with Crippen molar-refractivity contribution >= 4 is 33.1 Å². The summed E-state index contributed by atoms with van der Waals surface area (Å²) in [5.74, 6) is 0.945. The van der Waals surface area contributed by atoms with Crippen molar-refractivity contribution in [3.63, 3.8) is 0 Å². The van der Waals surface area contributed by atoms with E-state index in [0.717, 1.165) is 29.1 Å². The number of hydrogen-bond donors (Lipinski definition) is 3. The van der Waals surface area contributed by atoms with Crippen molar-refractivity contribution < 1.29 is 13.2 Å². The summed E-state index contributed by atoms with van der Waals surface area (Å²) in [4.78, 5) is 13.2. The Bertz CT molecular complexity index is 1610. The highest BCUT2D eigenvalue weighted by Crippen LogP contribution is 2.24. The van der Waals surface area contributed by atoms with Gasteiger partial charge in [0.05, 0.1) is 4.90 Å². The molecule has 0 spiro atoms. The number of sulfonamides is 1. The molecular weight excluding hydrogens is 534 g/mol. The number of carbonyl (C=O) groups is 1. The van der Waals surface area contributed by atoms with Gasteiger partial charge in [-0.25, -0.2) is 8.42 Å². The minimum atomic E-state index is -3.53. The monoisotopic (exact) mass is 573 g/mol. The van der Waals surface area contributed by atoms with Crippen LogP contribution in [0.4, 0.5) is 17.2 Å². The molecule has 0 radical (unpaired) electrons. The number of anilines is 3. The fraction of sp³-hybridized carbons (Fsp3) is 0.312. The predicted molar refractivity (Wildman–Crippen MR) is 165 cm³/mol. The van der Waals surface area contributed by atoms with Crippen LogP contribution in [0.2, 0.25) is 0 Å². The quantitative estimate of drug-likeness (QED) is 0.186. The largest absolute Gasteiger partial charge is 0.339 e. The lowest BCUT2D eigenvalue weighted by atomic mass is 9.97. The molecule has 0 aliphatic heterocycles. The first-order valence-electron chi connectivity index (χ1n) is 13.8. The lowest BCUT2D eigenvalue weighted by Crippen LogP contribution is -2.32. The number of nitrogens with one attached hydrogen (secondary N) is 3. The van der Waals surface area contributed by atoms with E-state index in [0.29, 0.717) is 23.7 Å². The van der Waals surface area contributed by atoms with Crippen LogP contribution in [0.25, 0.3) is 0 Å². The fourth-order valence-electron chi connectivity index (χ4n) is 4.61. The van der Waals surface area contributed by atoms with E-state index >= 15 is 0 Å². The van der Waals surface area contributed by atoms with Crippen molar-refractivity contribution in [2.45, 2.75) is 64.3 Å². The fourth-order valence-corrected chi connectivity index (χ4v) is 5.97. The number of aryl methyl sites for hydroxylation is 3. The maximum Gasteiger partial charge on any atom is 0.255 e. The van der Waals surface area contributed by atoms with Crippen LogP contribution < -0.4 is 10.6 Å². The summed E-state index contributed by atoms with van der Waals surface area (Å²) in [5.41, 5.74) is 6.59. The van der Waals surface area contributed by atoms with Gasteiger partial charge in [-0.15, -0.1) is 0 Å². The minimum Gasteiger partial charge on any atom is -0.339 e. The van der Waals surface area contributed by atoms with Crippen LogP contribution in [0, 0.1) is 6.92 Å². The number of rotatable bonds is 11. The molecule has 1 heterocycles. The molecule has 4 aromatic rings. The van der Waals surface area contributed by atoms with Crippen molar-refractivity contribution in [3.8, 4) is 0 Å². The molecule has 9 heteroatoms. The summed E-state index contributed by atoms with van der Waals surface area (Å²) in [7, 11) is -1.95. The van der Waals surface area contributed by atoms with E-state index in [2.05, 4.69) is 47.7 Å². The first kappa shape index (κ1) is 30.0. The third-order valence-corrected chi connectivity index (χ3v) is 9.23. The van der Waals surface area contributed by atoms with Crippen LogP contribution in [-0.2, 0) is 22.9 Å². The summed E-state index contributed by atoms with van der Waals surface area (Å²) in [6.45, 7) is 10.1. The summed E-state index contributed by atoms with van der Waals surface area (Å²) in [5, 5.41) is 13.6. The SMILES string of the molecule is Cc1cc(NC(=O)c2cccc(CCc3cc(Nc4ccc(S(=O)(=O)N(C)C(C)C)cc4)n[nH]3)c2)ccc1C(C)C. The average Bonchev–Trinajstić information content (AvgIpc) is 3.38. The number of carbonyl (C=O) groups excluding carboxylic acids is 1. The van der Waals surface area contributed by atoms with Gasteiger partial charge in [0.25, 0.3) is 5.91 Å². The van der Waals surface area contributed by atoms with E-state index in [-0.39, 0.29) is 16.8 Å². The van der Waals surface area contributed by atoms with E-state index in [1.54, 1.807) is 31.3 Å². The van der Waals surface area contributed by atoms with Crippen molar-refractivity contribution in [1.29, 1.82) is 0 Å². The summed E-state index contributed by atoms with van der Waals surface area (Å²) >= 11 is 0. The molecule has 41 heavy (non-hydrogen) atoms. The van der Waals surface area contributed by atoms with Crippen LogP contribution in [0.1, 0.15) is 66.4 Å². The lowest BCUT2D eigenvalue weighted by molar-refractivity contribution is 0.102. The van der Waals surface area contributed by atoms with Gasteiger partial charge in [0, 0.05) is 41.8 Å². The Morgan fingerprint density at radius 1 is 0.927 bits per heavy atom. The molecule has 3 aromatic carbocycles. The summed E-state index contributed by atoms with van der Waals surface area (Å²) < 4.78 is 26.7. The average molecular weight is 574 g/mol. The van der Waals surface area contributed by atoms with Gasteiger partial charge in [0.2, 0.25) is 10.0 Å². The third-order valence-electron chi connectivity index (χ3n) is 7.18. The third kappa shape index (κ3) is 7.42. The van der Waals surface area contributed by atoms with E-state index < -0.39 is 10.0 Å². The zero-order valence-electron chi connectivity index (χ0n) is 24.5. The smallest absolute Gasteiger partial charge is 0.255 e. The second-order valence-electron chi connectivity index (χ2n) is 10.9. The Balaban J connectivity index is 1.34. The molecule has 8 nitrogen and oxygen atoms in total. The number of aromatic amines is 1. The van der Waals surface area contributed by atoms with Crippen molar-refractivity contribution in [1.82, 2.24) is 14.5 Å². The molecule has 0 bridgehead atoms. The molecular formula is C32H39N5O3S. The Morgan fingerprint density at radius 3 is 2.29 bits per heavy atom. The topological polar surface area (TPSA) is 107 Å². The number of hydrogen-bond acceptors (Lipinski definition) is 5. The van der Waals surface area contributed by atoms with E-state index in [1.807, 2.05) is 56.3 Å². The van der Waals surface area contributed by atoms with E-state index in [9.17, 15) is 13.2 Å². The highest BCUT2D eigenvalue weighted by molar-refractivity contribution is 7.89. The molecule has 216 valence electrons. The minimum absolute atomic E-state index is 0.128. The Hall–Kier alpha value is -3.95. The summed E-state index contributed by atoms with van der Waals surface area (Å²) in [6, 6.07) is 22.1. The van der Waals surface area contributed by atoms with Gasteiger partial charge in [0.15, 0.2) is 5.82 Å². The summed E-state index contributed by atoms with van der Waals surface area (Å²) in [6.07, 6.45) is 1.45. The maximum atomic E-state index is 12.9. The number of H-pyrrole nitrogens is 1. The van der Waals surface area contributed by atoms with Crippen molar-refractivity contribution in [3.05, 3.63) is 101 Å². The van der Waals surface area contributed by atoms with Gasteiger partial charge in [-0.3, -0.25) is 9.89 Å². The Labute approximate surface area is 243 Å².